The number of hydrogen-bond donors (Lipinski definition) is 1. The summed E-state index contributed by atoms with van der Waals surface area (Å²) in [6.45, 7) is 9.17. The molecule has 0 saturated carbocycles. The molecule has 118 valence electrons. The van der Waals surface area contributed by atoms with Gasteiger partial charge in [0.15, 0.2) is 0 Å². The van der Waals surface area contributed by atoms with Crippen molar-refractivity contribution in [2.75, 3.05) is 18.5 Å². The number of anilines is 1. The Labute approximate surface area is 127 Å². The van der Waals surface area contributed by atoms with E-state index in [1.807, 2.05) is 45.0 Å². The number of benzene rings is 1. The number of carbonyl (C=O) groups excluding carboxylic acids is 1. The van der Waals surface area contributed by atoms with E-state index in [9.17, 15) is 4.79 Å². The summed E-state index contributed by atoms with van der Waals surface area (Å²) < 4.78 is 11.2. The molecule has 0 aliphatic carbocycles. The minimum atomic E-state index is -0.784. The molecular weight excluding hydrogens is 266 g/mol. The number of nitrogens with one attached hydrogen (secondary N) is 1. The first-order valence-electron chi connectivity index (χ1n) is 7.74. The van der Waals surface area contributed by atoms with Crippen LogP contribution in [0.4, 0.5) is 5.69 Å². The van der Waals surface area contributed by atoms with Crippen molar-refractivity contribution in [1.29, 1.82) is 0 Å². The molecule has 1 N–H and O–H groups in total. The SMILES string of the molecule is CCCOc1ccc(NC(=O)[C@](C)(CC)OCCC)cc1. The second kappa shape index (κ2) is 8.67. The molecule has 0 aromatic heterocycles. The topological polar surface area (TPSA) is 47.6 Å². The molecule has 21 heavy (non-hydrogen) atoms. The zero-order valence-corrected chi connectivity index (χ0v) is 13.6. The number of carbonyl (C=O) groups is 1. The van der Waals surface area contributed by atoms with Gasteiger partial charge in [-0.3, -0.25) is 4.79 Å². The van der Waals surface area contributed by atoms with Crippen LogP contribution in [-0.4, -0.2) is 24.7 Å². The summed E-state index contributed by atoms with van der Waals surface area (Å²) in [5, 5.41) is 2.91. The van der Waals surface area contributed by atoms with Crippen molar-refractivity contribution < 1.29 is 14.3 Å². The van der Waals surface area contributed by atoms with Gasteiger partial charge < -0.3 is 14.8 Å². The van der Waals surface area contributed by atoms with Gasteiger partial charge in [0.1, 0.15) is 11.4 Å². The average molecular weight is 293 g/mol. The molecule has 4 heteroatoms. The van der Waals surface area contributed by atoms with Crippen LogP contribution in [0.1, 0.15) is 47.0 Å². The van der Waals surface area contributed by atoms with E-state index in [1.54, 1.807) is 0 Å². The Kier molecular flexibility index (Phi) is 7.23. The van der Waals surface area contributed by atoms with E-state index in [2.05, 4.69) is 12.2 Å². The van der Waals surface area contributed by atoms with Crippen LogP contribution in [0, 0.1) is 0 Å². The summed E-state index contributed by atoms with van der Waals surface area (Å²) >= 11 is 0. The molecule has 4 nitrogen and oxygen atoms in total. The van der Waals surface area contributed by atoms with Crippen molar-refractivity contribution >= 4 is 11.6 Å². The summed E-state index contributed by atoms with van der Waals surface area (Å²) in [4.78, 5) is 12.4. The van der Waals surface area contributed by atoms with Gasteiger partial charge in [-0.1, -0.05) is 20.8 Å². The third kappa shape index (κ3) is 5.38. The van der Waals surface area contributed by atoms with E-state index in [0.717, 1.165) is 24.3 Å². The number of rotatable bonds is 9. The predicted octanol–water partition coefficient (Wildman–Crippen LogP) is 4.01. The molecule has 0 unspecified atom stereocenters. The van der Waals surface area contributed by atoms with Gasteiger partial charge in [-0.2, -0.15) is 0 Å². The Bertz CT molecular complexity index is 430. The van der Waals surface area contributed by atoms with E-state index in [4.69, 9.17) is 9.47 Å². The molecule has 0 heterocycles. The summed E-state index contributed by atoms with van der Waals surface area (Å²) in [5.74, 6) is 0.705. The van der Waals surface area contributed by atoms with E-state index in [1.165, 1.54) is 0 Å². The molecular formula is C17H27NO3. The molecule has 1 rings (SSSR count). The van der Waals surface area contributed by atoms with Gasteiger partial charge in [-0.05, 0) is 50.5 Å². The fourth-order valence-electron chi connectivity index (χ4n) is 1.77. The summed E-state index contributed by atoms with van der Waals surface area (Å²) in [5.41, 5.74) is -0.0310. The summed E-state index contributed by atoms with van der Waals surface area (Å²) in [7, 11) is 0. The van der Waals surface area contributed by atoms with Crippen LogP contribution in [0.25, 0.3) is 0 Å². The first-order chi connectivity index (χ1) is 10.1. The van der Waals surface area contributed by atoms with E-state index in [-0.39, 0.29) is 5.91 Å². The normalized spacial score (nSPS) is 13.5. The van der Waals surface area contributed by atoms with Crippen LogP contribution < -0.4 is 10.1 Å². The van der Waals surface area contributed by atoms with Gasteiger partial charge in [-0.15, -0.1) is 0 Å². The molecule has 0 saturated heterocycles. The van der Waals surface area contributed by atoms with Crippen LogP contribution in [0.3, 0.4) is 0 Å². The highest BCUT2D eigenvalue weighted by atomic mass is 16.5. The fourth-order valence-corrected chi connectivity index (χ4v) is 1.77. The average Bonchev–Trinajstić information content (AvgIpc) is 2.51. The third-order valence-electron chi connectivity index (χ3n) is 3.36. The Morgan fingerprint density at radius 1 is 1.10 bits per heavy atom. The van der Waals surface area contributed by atoms with E-state index in [0.29, 0.717) is 19.6 Å². The van der Waals surface area contributed by atoms with Gasteiger partial charge >= 0.3 is 0 Å². The van der Waals surface area contributed by atoms with Crippen molar-refractivity contribution in [3.8, 4) is 5.75 Å². The molecule has 1 amide bonds. The Morgan fingerprint density at radius 2 is 1.71 bits per heavy atom. The maximum atomic E-state index is 12.4. The number of hydrogen-bond acceptors (Lipinski definition) is 3. The molecule has 0 spiro atoms. The first kappa shape index (κ1) is 17.5. The molecule has 0 fully saturated rings. The van der Waals surface area contributed by atoms with Gasteiger partial charge in [0.05, 0.1) is 6.61 Å². The number of amides is 1. The standard InChI is InChI=1S/C17H27NO3/c1-5-12-20-15-10-8-14(9-11-15)18-16(19)17(4,7-3)21-13-6-2/h8-11H,5-7,12-13H2,1-4H3,(H,18,19)/t17-/m0/s1. The fraction of sp³-hybridized carbons (Fsp3) is 0.588. The zero-order valence-electron chi connectivity index (χ0n) is 13.6. The van der Waals surface area contributed by atoms with Gasteiger partial charge in [-0.25, -0.2) is 0 Å². The summed E-state index contributed by atoms with van der Waals surface area (Å²) in [6.07, 6.45) is 2.50. The highest BCUT2D eigenvalue weighted by Gasteiger charge is 2.32. The van der Waals surface area contributed by atoms with Gasteiger partial charge in [0.2, 0.25) is 0 Å². The molecule has 0 aliphatic heterocycles. The van der Waals surface area contributed by atoms with Crippen LogP contribution in [0.5, 0.6) is 5.75 Å². The minimum absolute atomic E-state index is 0.110. The highest BCUT2D eigenvalue weighted by molar-refractivity contribution is 5.97. The molecule has 1 aromatic carbocycles. The lowest BCUT2D eigenvalue weighted by Crippen LogP contribution is -2.42. The van der Waals surface area contributed by atoms with Gasteiger partial charge in [0.25, 0.3) is 5.91 Å². The molecule has 0 bridgehead atoms. The zero-order chi connectivity index (χ0) is 15.7. The largest absolute Gasteiger partial charge is 0.494 e. The van der Waals surface area contributed by atoms with Crippen LogP contribution in [-0.2, 0) is 9.53 Å². The highest BCUT2D eigenvalue weighted by Crippen LogP contribution is 2.21. The van der Waals surface area contributed by atoms with Crippen molar-refractivity contribution in [2.45, 2.75) is 52.6 Å². The van der Waals surface area contributed by atoms with Gasteiger partial charge in [0, 0.05) is 12.3 Å². The monoisotopic (exact) mass is 293 g/mol. The molecule has 0 aliphatic rings. The lowest BCUT2D eigenvalue weighted by atomic mass is 10.0. The van der Waals surface area contributed by atoms with Crippen molar-refractivity contribution in [2.24, 2.45) is 0 Å². The maximum absolute atomic E-state index is 12.4. The molecule has 1 aromatic rings. The second-order valence-corrected chi connectivity index (χ2v) is 5.26. The maximum Gasteiger partial charge on any atom is 0.256 e. The molecule has 0 radical (unpaired) electrons. The molecule has 1 atom stereocenters. The first-order valence-corrected chi connectivity index (χ1v) is 7.74. The lowest BCUT2D eigenvalue weighted by Gasteiger charge is -2.27. The van der Waals surface area contributed by atoms with Crippen LogP contribution in [0.2, 0.25) is 0 Å². The van der Waals surface area contributed by atoms with Crippen LogP contribution in [0.15, 0.2) is 24.3 Å². The Balaban J connectivity index is 2.64. The van der Waals surface area contributed by atoms with Crippen molar-refractivity contribution in [3.63, 3.8) is 0 Å². The Morgan fingerprint density at radius 3 is 2.24 bits per heavy atom. The number of ether oxygens (including phenoxy) is 2. The predicted molar refractivity (Wildman–Crippen MR) is 85.8 cm³/mol. The smallest absolute Gasteiger partial charge is 0.256 e. The van der Waals surface area contributed by atoms with E-state index >= 15 is 0 Å². The van der Waals surface area contributed by atoms with Crippen LogP contribution >= 0.6 is 0 Å². The van der Waals surface area contributed by atoms with E-state index < -0.39 is 5.60 Å². The lowest BCUT2D eigenvalue weighted by molar-refractivity contribution is -0.139. The summed E-state index contributed by atoms with van der Waals surface area (Å²) in [6, 6.07) is 7.42. The van der Waals surface area contributed by atoms with Crippen molar-refractivity contribution in [3.05, 3.63) is 24.3 Å². The Hall–Kier alpha value is -1.55. The minimum Gasteiger partial charge on any atom is -0.494 e. The second-order valence-electron chi connectivity index (χ2n) is 5.26. The van der Waals surface area contributed by atoms with Crippen molar-refractivity contribution in [1.82, 2.24) is 0 Å². The quantitative estimate of drug-likeness (QED) is 0.748. The third-order valence-corrected chi connectivity index (χ3v) is 3.36.